The SMILES string of the molecule is COCC(N)c1ccc2nc([C@H](COC(C)(CF)C(F)F)NC(=O)OC(C)(C)C)[nH]c2c1. The molecule has 11 heteroatoms. The zero-order valence-electron chi connectivity index (χ0n) is 18.9. The summed E-state index contributed by atoms with van der Waals surface area (Å²) in [4.78, 5) is 19.8. The van der Waals surface area contributed by atoms with E-state index in [1.807, 2.05) is 0 Å². The van der Waals surface area contributed by atoms with Gasteiger partial charge in [-0.15, -0.1) is 0 Å². The molecular formula is C21H31F3N4O4. The largest absolute Gasteiger partial charge is 0.444 e. The summed E-state index contributed by atoms with van der Waals surface area (Å²) in [5.74, 6) is 0.235. The number of nitrogens with zero attached hydrogens (tertiary/aromatic N) is 1. The molecule has 3 atom stereocenters. The smallest absolute Gasteiger partial charge is 0.408 e. The van der Waals surface area contributed by atoms with Gasteiger partial charge in [-0.25, -0.2) is 22.9 Å². The molecule has 0 bridgehead atoms. The molecular weight excluding hydrogens is 429 g/mol. The number of amides is 1. The minimum atomic E-state index is -3.06. The van der Waals surface area contributed by atoms with Crippen molar-refractivity contribution in [3.63, 3.8) is 0 Å². The van der Waals surface area contributed by atoms with Crippen LogP contribution in [0, 0.1) is 0 Å². The highest BCUT2D eigenvalue weighted by atomic mass is 19.3. The number of rotatable bonds is 10. The van der Waals surface area contributed by atoms with Crippen molar-refractivity contribution in [1.29, 1.82) is 0 Å². The minimum Gasteiger partial charge on any atom is -0.444 e. The summed E-state index contributed by atoms with van der Waals surface area (Å²) in [7, 11) is 1.55. The number of hydrogen-bond acceptors (Lipinski definition) is 6. The van der Waals surface area contributed by atoms with Crippen LogP contribution < -0.4 is 11.1 Å². The second-order valence-corrected chi connectivity index (χ2v) is 8.72. The van der Waals surface area contributed by atoms with Crippen LogP contribution >= 0.6 is 0 Å². The van der Waals surface area contributed by atoms with Crippen LogP contribution in [-0.2, 0) is 14.2 Å². The van der Waals surface area contributed by atoms with Gasteiger partial charge in [0.1, 0.15) is 24.1 Å². The van der Waals surface area contributed by atoms with Crippen LogP contribution in [0.4, 0.5) is 18.0 Å². The molecule has 1 aromatic carbocycles. The van der Waals surface area contributed by atoms with Gasteiger partial charge in [0, 0.05) is 7.11 Å². The number of carbonyl (C=O) groups is 1. The number of hydrogen-bond donors (Lipinski definition) is 3. The molecule has 32 heavy (non-hydrogen) atoms. The Hall–Kier alpha value is -2.37. The number of carbonyl (C=O) groups excluding carboxylic acids is 1. The maximum Gasteiger partial charge on any atom is 0.408 e. The summed E-state index contributed by atoms with van der Waals surface area (Å²) < 4.78 is 55.2. The summed E-state index contributed by atoms with van der Waals surface area (Å²) in [6, 6.07) is 3.95. The number of aromatic nitrogens is 2. The Morgan fingerprint density at radius 2 is 1.94 bits per heavy atom. The fraction of sp³-hybridized carbons (Fsp3) is 0.619. The van der Waals surface area contributed by atoms with E-state index in [9.17, 15) is 18.0 Å². The molecule has 1 amide bonds. The Labute approximate surface area is 185 Å². The van der Waals surface area contributed by atoms with Crippen LogP contribution in [0.2, 0.25) is 0 Å². The van der Waals surface area contributed by atoms with Crippen molar-refractivity contribution in [2.24, 2.45) is 5.73 Å². The van der Waals surface area contributed by atoms with Gasteiger partial charge in [-0.05, 0) is 45.4 Å². The molecule has 0 aliphatic heterocycles. The lowest BCUT2D eigenvalue weighted by atomic mass is 10.1. The Bertz CT molecular complexity index is 903. The fourth-order valence-electron chi connectivity index (χ4n) is 2.79. The number of aromatic amines is 1. The van der Waals surface area contributed by atoms with E-state index in [2.05, 4.69) is 15.3 Å². The number of halogens is 3. The highest BCUT2D eigenvalue weighted by Gasteiger charge is 2.38. The molecule has 0 saturated carbocycles. The van der Waals surface area contributed by atoms with Gasteiger partial charge in [0.25, 0.3) is 6.43 Å². The lowest BCUT2D eigenvalue weighted by Crippen LogP contribution is -2.43. The van der Waals surface area contributed by atoms with E-state index in [1.54, 1.807) is 46.1 Å². The van der Waals surface area contributed by atoms with Crippen LogP contribution in [0.5, 0.6) is 0 Å². The number of ether oxygens (including phenoxy) is 3. The monoisotopic (exact) mass is 460 g/mol. The Kier molecular flexibility index (Phi) is 8.49. The van der Waals surface area contributed by atoms with E-state index in [-0.39, 0.29) is 11.9 Å². The molecule has 0 spiro atoms. The highest BCUT2D eigenvalue weighted by molar-refractivity contribution is 5.76. The lowest BCUT2D eigenvalue weighted by molar-refractivity contribution is -0.143. The van der Waals surface area contributed by atoms with Crippen LogP contribution in [0.1, 0.15) is 51.2 Å². The van der Waals surface area contributed by atoms with Gasteiger partial charge in [0.15, 0.2) is 5.60 Å². The van der Waals surface area contributed by atoms with Crippen molar-refractivity contribution in [3.05, 3.63) is 29.6 Å². The van der Waals surface area contributed by atoms with Gasteiger partial charge in [0.05, 0.1) is 30.3 Å². The number of imidazole rings is 1. The minimum absolute atomic E-state index is 0.235. The first-order valence-corrected chi connectivity index (χ1v) is 10.1. The van der Waals surface area contributed by atoms with E-state index >= 15 is 0 Å². The lowest BCUT2D eigenvalue weighted by Gasteiger charge is -2.28. The van der Waals surface area contributed by atoms with E-state index in [0.29, 0.717) is 17.6 Å². The molecule has 1 aromatic heterocycles. The molecule has 0 fully saturated rings. The number of alkyl carbamates (subject to hydrolysis) is 1. The van der Waals surface area contributed by atoms with Gasteiger partial charge < -0.3 is 30.2 Å². The maximum absolute atomic E-state index is 13.2. The van der Waals surface area contributed by atoms with Crippen LogP contribution in [0.25, 0.3) is 11.0 Å². The Balaban J connectivity index is 2.32. The summed E-state index contributed by atoms with van der Waals surface area (Å²) in [5.41, 5.74) is 4.93. The third-order valence-corrected chi connectivity index (χ3v) is 4.63. The molecule has 1 heterocycles. The number of methoxy groups -OCH3 is 1. The summed E-state index contributed by atoms with van der Waals surface area (Å²) in [6.07, 6.45) is -3.86. The summed E-state index contributed by atoms with van der Waals surface area (Å²) >= 11 is 0. The Morgan fingerprint density at radius 1 is 1.25 bits per heavy atom. The normalized spacial score (nSPS) is 16.1. The maximum atomic E-state index is 13.2. The molecule has 180 valence electrons. The second kappa shape index (κ2) is 10.5. The number of benzene rings is 1. The molecule has 4 N–H and O–H groups in total. The van der Waals surface area contributed by atoms with Crippen LogP contribution in [0.15, 0.2) is 18.2 Å². The van der Waals surface area contributed by atoms with Crippen molar-refractivity contribution in [2.45, 2.75) is 57.4 Å². The zero-order valence-corrected chi connectivity index (χ0v) is 18.9. The van der Waals surface area contributed by atoms with Crippen LogP contribution in [0.3, 0.4) is 0 Å². The van der Waals surface area contributed by atoms with Crippen molar-refractivity contribution in [3.8, 4) is 0 Å². The van der Waals surface area contributed by atoms with Gasteiger partial charge in [-0.3, -0.25) is 0 Å². The molecule has 0 aliphatic rings. The molecule has 0 saturated heterocycles. The van der Waals surface area contributed by atoms with Gasteiger partial charge in [-0.1, -0.05) is 6.07 Å². The second-order valence-electron chi connectivity index (χ2n) is 8.72. The van der Waals surface area contributed by atoms with Crippen molar-refractivity contribution in [1.82, 2.24) is 15.3 Å². The number of nitrogens with two attached hydrogens (primary N) is 1. The average molecular weight is 460 g/mol. The van der Waals surface area contributed by atoms with E-state index in [0.717, 1.165) is 12.5 Å². The van der Waals surface area contributed by atoms with Crippen molar-refractivity contribution >= 4 is 17.1 Å². The number of H-pyrrole nitrogens is 1. The first-order chi connectivity index (χ1) is 14.9. The molecule has 2 rings (SSSR count). The summed E-state index contributed by atoms with van der Waals surface area (Å²) in [5, 5.41) is 2.55. The molecule has 8 nitrogen and oxygen atoms in total. The fourth-order valence-corrected chi connectivity index (χ4v) is 2.79. The number of nitrogens with one attached hydrogen (secondary N) is 2. The molecule has 2 unspecified atom stereocenters. The molecule has 0 aliphatic carbocycles. The molecule has 2 aromatic rings. The number of fused-ring (bicyclic) bond motifs is 1. The van der Waals surface area contributed by atoms with E-state index in [4.69, 9.17) is 19.9 Å². The number of alkyl halides is 3. The zero-order chi connectivity index (χ0) is 24.1. The topological polar surface area (TPSA) is 111 Å². The summed E-state index contributed by atoms with van der Waals surface area (Å²) in [6.45, 7) is 4.47. The van der Waals surface area contributed by atoms with E-state index < -0.39 is 43.0 Å². The van der Waals surface area contributed by atoms with Gasteiger partial charge in [-0.2, -0.15) is 0 Å². The Morgan fingerprint density at radius 3 is 2.50 bits per heavy atom. The van der Waals surface area contributed by atoms with Crippen molar-refractivity contribution < 1.29 is 32.2 Å². The van der Waals surface area contributed by atoms with Gasteiger partial charge >= 0.3 is 6.09 Å². The van der Waals surface area contributed by atoms with E-state index in [1.165, 1.54) is 0 Å². The first kappa shape index (κ1) is 25.9. The quantitative estimate of drug-likeness (QED) is 0.498. The highest BCUT2D eigenvalue weighted by Crippen LogP contribution is 2.25. The standard InChI is InChI=1S/C21H31F3N4O4/c1-20(2,3)32-19(29)28-16(10-31-21(4,11-22)18(23)24)17-26-14-7-6-12(8-15(14)27-17)13(25)9-30-5/h6-8,13,16,18H,9-11,25H2,1-5H3,(H,26,27)(H,28,29)/t13?,16-,21?/m0/s1. The average Bonchev–Trinajstić information content (AvgIpc) is 3.12. The third kappa shape index (κ3) is 6.81. The predicted molar refractivity (Wildman–Crippen MR) is 113 cm³/mol. The molecule has 0 radical (unpaired) electrons. The third-order valence-electron chi connectivity index (χ3n) is 4.63. The first-order valence-electron chi connectivity index (χ1n) is 10.1. The van der Waals surface area contributed by atoms with Crippen molar-refractivity contribution in [2.75, 3.05) is 27.0 Å². The van der Waals surface area contributed by atoms with Gasteiger partial charge in [0.2, 0.25) is 0 Å². The van der Waals surface area contributed by atoms with Crippen LogP contribution in [-0.4, -0.2) is 60.7 Å². The predicted octanol–water partition coefficient (Wildman–Crippen LogP) is 3.78.